The maximum atomic E-state index is 5.24. The molecule has 0 saturated heterocycles. The van der Waals surface area contributed by atoms with Gasteiger partial charge in [-0.2, -0.15) is 0 Å². The van der Waals surface area contributed by atoms with Gasteiger partial charge < -0.3 is 15.4 Å². The van der Waals surface area contributed by atoms with Crippen molar-refractivity contribution >= 4 is 41.3 Å². The molecule has 0 aliphatic heterocycles. The smallest absolute Gasteiger partial charge is 0.191 e. The van der Waals surface area contributed by atoms with Crippen molar-refractivity contribution in [2.75, 3.05) is 27.3 Å². The van der Waals surface area contributed by atoms with Crippen LogP contribution < -0.4 is 10.6 Å². The molecule has 0 radical (unpaired) electrons. The van der Waals surface area contributed by atoms with E-state index in [1.165, 1.54) is 24.1 Å². The Hall–Kier alpha value is -0.410. The number of thiazole rings is 1. The number of aliphatic imine (C=N–C) groups is 1. The molecule has 1 aliphatic rings. The highest BCUT2D eigenvalue weighted by atomic mass is 127. The first-order chi connectivity index (χ1) is 10.2. The second kappa shape index (κ2) is 9.67. The van der Waals surface area contributed by atoms with Crippen LogP contribution in [-0.4, -0.2) is 38.3 Å². The van der Waals surface area contributed by atoms with Crippen molar-refractivity contribution in [2.24, 2.45) is 10.4 Å². The van der Waals surface area contributed by atoms with E-state index in [0.29, 0.717) is 5.41 Å². The predicted octanol–water partition coefficient (Wildman–Crippen LogP) is 2.94. The first-order valence-electron chi connectivity index (χ1n) is 7.51. The standard InChI is InChI=1S/C15H26N4OS.HI/c1-12-13(21-11-19-12)9-17-14(16-2)18-10-15(5-4-6-15)7-8-20-3;/h11H,4-10H2,1-3H3,(H2,16,17,18);1H. The number of hydrogen-bond acceptors (Lipinski definition) is 4. The Kier molecular flexibility index (Phi) is 8.63. The number of hydrogen-bond donors (Lipinski definition) is 2. The molecule has 1 aliphatic carbocycles. The molecular formula is C15H27IN4OS. The number of aromatic nitrogens is 1. The molecule has 2 rings (SSSR count). The summed E-state index contributed by atoms with van der Waals surface area (Å²) in [5.41, 5.74) is 3.38. The molecule has 1 fully saturated rings. The Balaban J connectivity index is 0.00000242. The third kappa shape index (κ3) is 5.34. The van der Waals surface area contributed by atoms with Crippen LogP contribution >= 0.6 is 35.3 Å². The van der Waals surface area contributed by atoms with Crippen molar-refractivity contribution in [1.82, 2.24) is 15.6 Å². The van der Waals surface area contributed by atoms with Gasteiger partial charge in [0.2, 0.25) is 0 Å². The van der Waals surface area contributed by atoms with E-state index in [9.17, 15) is 0 Å². The second-order valence-electron chi connectivity index (χ2n) is 5.74. The highest BCUT2D eigenvalue weighted by Gasteiger charge is 2.36. The Bertz CT molecular complexity index is 474. The van der Waals surface area contributed by atoms with Crippen LogP contribution in [0.15, 0.2) is 10.5 Å². The molecule has 1 aromatic heterocycles. The van der Waals surface area contributed by atoms with Crippen LogP contribution in [0.4, 0.5) is 0 Å². The zero-order valence-corrected chi connectivity index (χ0v) is 16.8. The topological polar surface area (TPSA) is 58.5 Å². The summed E-state index contributed by atoms with van der Waals surface area (Å²) in [6.07, 6.45) is 5.03. The van der Waals surface area contributed by atoms with Crippen LogP contribution in [0.2, 0.25) is 0 Å². The summed E-state index contributed by atoms with van der Waals surface area (Å²) >= 11 is 1.68. The van der Waals surface area contributed by atoms with Crippen LogP contribution in [0.1, 0.15) is 36.3 Å². The molecular weight excluding hydrogens is 411 g/mol. The van der Waals surface area contributed by atoms with E-state index in [-0.39, 0.29) is 24.0 Å². The number of aryl methyl sites for hydroxylation is 1. The van der Waals surface area contributed by atoms with E-state index in [2.05, 4.69) is 20.6 Å². The molecule has 2 N–H and O–H groups in total. The maximum Gasteiger partial charge on any atom is 0.191 e. The van der Waals surface area contributed by atoms with Crippen LogP contribution in [0.3, 0.4) is 0 Å². The molecule has 126 valence electrons. The minimum Gasteiger partial charge on any atom is -0.385 e. The monoisotopic (exact) mass is 438 g/mol. The largest absolute Gasteiger partial charge is 0.385 e. The van der Waals surface area contributed by atoms with Crippen molar-refractivity contribution in [2.45, 2.75) is 39.2 Å². The first kappa shape index (κ1) is 19.6. The summed E-state index contributed by atoms with van der Waals surface area (Å²) in [5.74, 6) is 0.867. The quantitative estimate of drug-likeness (QED) is 0.391. The van der Waals surface area contributed by atoms with E-state index in [1.54, 1.807) is 18.4 Å². The van der Waals surface area contributed by atoms with Crippen LogP contribution in [0.25, 0.3) is 0 Å². The van der Waals surface area contributed by atoms with Gasteiger partial charge in [0, 0.05) is 32.2 Å². The fourth-order valence-corrected chi connectivity index (χ4v) is 3.38. The third-order valence-electron chi connectivity index (χ3n) is 4.37. The highest BCUT2D eigenvalue weighted by molar-refractivity contribution is 14.0. The van der Waals surface area contributed by atoms with Gasteiger partial charge in [-0.25, -0.2) is 4.98 Å². The van der Waals surface area contributed by atoms with Gasteiger partial charge in [-0.3, -0.25) is 4.99 Å². The van der Waals surface area contributed by atoms with Gasteiger partial charge in [0.05, 0.1) is 17.7 Å². The lowest BCUT2D eigenvalue weighted by Gasteiger charge is -2.42. The number of guanidine groups is 1. The van der Waals surface area contributed by atoms with Gasteiger partial charge in [-0.15, -0.1) is 35.3 Å². The fraction of sp³-hybridized carbons (Fsp3) is 0.733. The van der Waals surface area contributed by atoms with Crippen molar-refractivity contribution in [1.29, 1.82) is 0 Å². The number of ether oxygens (including phenoxy) is 1. The highest BCUT2D eigenvalue weighted by Crippen LogP contribution is 2.43. The number of rotatable bonds is 7. The van der Waals surface area contributed by atoms with Crippen LogP contribution in [0, 0.1) is 12.3 Å². The van der Waals surface area contributed by atoms with Crippen molar-refractivity contribution in [3.05, 3.63) is 16.1 Å². The molecule has 0 unspecified atom stereocenters. The maximum absolute atomic E-state index is 5.24. The molecule has 0 bridgehead atoms. The molecule has 7 heteroatoms. The number of halogens is 1. The van der Waals surface area contributed by atoms with Crippen LogP contribution in [-0.2, 0) is 11.3 Å². The molecule has 1 aromatic rings. The fourth-order valence-electron chi connectivity index (χ4n) is 2.66. The van der Waals surface area contributed by atoms with E-state index < -0.39 is 0 Å². The normalized spacial score (nSPS) is 16.6. The Labute approximate surface area is 154 Å². The molecule has 1 saturated carbocycles. The van der Waals surface area contributed by atoms with Gasteiger partial charge in [0.25, 0.3) is 0 Å². The first-order valence-corrected chi connectivity index (χ1v) is 8.39. The molecule has 5 nitrogen and oxygen atoms in total. The Morgan fingerprint density at radius 1 is 1.45 bits per heavy atom. The van der Waals surface area contributed by atoms with E-state index in [1.807, 2.05) is 19.5 Å². The Morgan fingerprint density at radius 2 is 2.23 bits per heavy atom. The molecule has 0 spiro atoms. The summed E-state index contributed by atoms with van der Waals surface area (Å²) in [6.45, 7) is 4.63. The molecule has 0 aromatic carbocycles. The SMILES string of the molecule is CN=C(NCc1scnc1C)NCC1(CCOC)CCC1.I. The predicted molar refractivity (Wildman–Crippen MR) is 103 cm³/mol. The number of methoxy groups -OCH3 is 1. The molecule has 0 atom stereocenters. The van der Waals surface area contributed by atoms with Gasteiger partial charge in [-0.1, -0.05) is 6.42 Å². The van der Waals surface area contributed by atoms with Crippen molar-refractivity contribution in [3.63, 3.8) is 0 Å². The van der Waals surface area contributed by atoms with Crippen molar-refractivity contribution in [3.8, 4) is 0 Å². The average molecular weight is 438 g/mol. The molecule has 0 amide bonds. The summed E-state index contributed by atoms with van der Waals surface area (Å²) in [5, 5.41) is 6.84. The zero-order valence-electron chi connectivity index (χ0n) is 13.6. The third-order valence-corrected chi connectivity index (χ3v) is 5.30. The second-order valence-corrected chi connectivity index (χ2v) is 6.68. The van der Waals surface area contributed by atoms with Crippen molar-refractivity contribution < 1.29 is 4.74 Å². The van der Waals surface area contributed by atoms with E-state index >= 15 is 0 Å². The summed E-state index contributed by atoms with van der Waals surface area (Å²) in [7, 11) is 3.59. The summed E-state index contributed by atoms with van der Waals surface area (Å²) in [6, 6.07) is 0. The van der Waals surface area contributed by atoms with Gasteiger partial charge in [-0.05, 0) is 31.6 Å². The van der Waals surface area contributed by atoms with E-state index in [4.69, 9.17) is 4.74 Å². The van der Waals surface area contributed by atoms with Crippen LogP contribution in [0.5, 0.6) is 0 Å². The lowest BCUT2D eigenvalue weighted by atomic mass is 9.67. The minimum atomic E-state index is 0. The summed E-state index contributed by atoms with van der Waals surface area (Å²) < 4.78 is 5.24. The van der Waals surface area contributed by atoms with Gasteiger partial charge in [0.15, 0.2) is 5.96 Å². The zero-order chi connectivity index (χ0) is 15.1. The summed E-state index contributed by atoms with van der Waals surface area (Å²) in [4.78, 5) is 9.83. The lowest BCUT2D eigenvalue weighted by molar-refractivity contribution is 0.0732. The molecule has 1 heterocycles. The average Bonchev–Trinajstić information content (AvgIpc) is 2.86. The number of nitrogens with one attached hydrogen (secondary N) is 2. The number of nitrogens with zero attached hydrogens (tertiary/aromatic N) is 2. The Morgan fingerprint density at radius 3 is 2.73 bits per heavy atom. The molecule has 22 heavy (non-hydrogen) atoms. The van der Waals surface area contributed by atoms with Gasteiger partial charge >= 0.3 is 0 Å². The van der Waals surface area contributed by atoms with Gasteiger partial charge in [0.1, 0.15) is 0 Å². The van der Waals surface area contributed by atoms with E-state index in [0.717, 1.165) is 37.8 Å². The lowest BCUT2D eigenvalue weighted by Crippen LogP contribution is -2.46. The minimum absolute atomic E-state index is 0.